The van der Waals surface area contributed by atoms with Gasteiger partial charge in [0.25, 0.3) is 0 Å². The van der Waals surface area contributed by atoms with Crippen LogP contribution in [0.5, 0.6) is 5.75 Å². The van der Waals surface area contributed by atoms with Crippen LogP contribution in [-0.4, -0.2) is 47.5 Å². The number of hydrogen-bond donors (Lipinski definition) is 3. The van der Waals surface area contributed by atoms with Gasteiger partial charge in [-0.05, 0) is 44.2 Å². The molecule has 34 heavy (non-hydrogen) atoms. The van der Waals surface area contributed by atoms with Gasteiger partial charge in [-0.1, -0.05) is 11.6 Å². The molecule has 0 aliphatic heterocycles. The van der Waals surface area contributed by atoms with Crippen molar-refractivity contribution in [3.63, 3.8) is 0 Å². The molecule has 0 saturated carbocycles. The van der Waals surface area contributed by atoms with E-state index in [-0.39, 0.29) is 39.3 Å². The predicted octanol–water partition coefficient (Wildman–Crippen LogP) is 4.38. The molecule has 3 aromatic rings. The van der Waals surface area contributed by atoms with E-state index in [2.05, 4.69) is 30.9 Å². The van der Waals surface area contributed by atoms with Gasteiger partial charge in [-0.25, -0.2) is 18.4 Å². The number of aromatic nitrogens is 3. The Bertz CT molecular complexity index is 1300. The third-order valence-electron chi connectivity index (χ3n) is 4.51. The van der Waals surface area contributed by atoms with Gasteiger partial charge in [-0.15, -0.1) is 11.6 Å². The van der Waals surface area contributed by atoms with Crippen molar-refractivity contribution in [3.8, 4) is 5.75 Å². The Morgan fingerprint density at radius 2 is 1.91 bits per heavy atom. The molecule has 0 spiro atoms. The first-order valence-corrected chi connectivity index (χ1v) is 12.4. The highest BCUT2D eigenvalue weighted by atomic mass is 35.5. The number of pyridine rings is 1. The van der Waals surface area contributed by atoms with E-state index in [1.165, 1.54) is 19.5 Å². The molecule has 0 saturated heterocycles. The smallest absolute Gasteiger partial charge is 0.239 e. The van der Waals surface area contributed by atoms with Crippen LogP contribution in [0.2, 0.25) is 5.02 Å². The fourth-order valence-corrected chi connectivity index (χ4v) is 4.06. The molecule has 1 amide bonds. The number of benzene rings is 1. The zero-order valence-corrected chi connectivity index (χ0v) is 20.8. The molecule has 13 heteroatoms. The van der Waals surface area contributed by atoms with Crippen molar-refractivity contribution < 1.29 is 17.9 Å². The van der Waals surface area contributed by atoms with Crippen LogP contribution in [0.25, 0.3) is 0 Å². The summed E-state index contributed by atoms with van der Waals surface area (Å²) in [6.45, 7) is 3.15. The Morgan fingerprint density at radius 1 is 1.15 bits per heavy atom. The molecule has 3 N–H and O–H groups in total. The lowest BCUT2D eigenvalue weighted by Crippen LogP contribution is -2.17. The monoisotopic (exact) mass is 524 g/mol. The maximum atomic E-state index is 12.7. The number of nitrogens with zero attached hydrogens (tertiary/aromatic N) is 3. The fourth-order valence-electron chi connectivity index (χ4n) is 2.78. The molecule has 3 rings (SSSR count). The van der Waals surface area contributed by atoms with Gasteiger partial charge in [-0.3, -0.25) is 4.79 Å². The lowest BCUT2D eigenvalue weighted by atomic mass is 10.2. The fraction of sp³-hybridized carbons (Fsp3) is 0.238. The second-order valence-corrected chi connectivity index (χ2v) is 10.3. The van der Waals surface area contributed by atoms with Crippen LogP contribution < -0.4 is 20.7 Å². The third kappa shape index (κ3) is 5.85. The van der Waals surface area contributed by atoms with Gasteiger partial charge in [0, 0.05) is 11.9 Å². The normalized spacial score (nSPS) is 11.2. The third-order valence-corrected chi connectivity index (χ3v) is 7.13. The van der Waals surface area contributed by atoms with Crippen molar-refractivity contribution >= 4 is 67.8 Å². The quantitative estimate of drug-likeness (QED) is 0.348. The van der Waals surface area contributed by atoms with Crippen LogP contribution in [0.3, 0.4) is 0 Å². The van der Waals surface area contributed by atoms with Gasteiger partial charge >= 0.3 is 0 Å². The number of rotatable bonds is 9. The highest BCUT2D eigenvalue weighted by Crippen LogP contribution is 2.32. The summed E-state index contributed by atoms with van der Waals surface area (Å²) in [5.41, 5.74) is 1.18. The van der Waals surface area contributed by atoms with Gasteiger partial charge in [0.05, 0.1) is 29.9 Å². The summed E-state index contributed by atoms with van der Waals surface area (Å²) in [5.74, 6) is 0.221. The summed E-state index contributed by atoms with van der Waals surface area (Å²) < 4.78 is 30.8. The molecule has 0 atom stereocenters. The zero-order chi connectivity index (χ0) is 24.9. The molecule has 2 aromatic heterocycles. The van der Waals surface area contributed by atoms with Gasteiger partial charge in [0.1, 0.15) is 16.7 Å². The molecule has 0 fully saturated rings. The van der Waals surface area contributed by atoms with E-state index in [4.69, 9.17) is 27.9 Å². The standard InChI is InChI=1S/C21H22Cl2N6O4S/c1-12(2)34(31,32)20-15(5-4-8-24-20)27-19-14(23)11-25-21(29-19)28-16-9-13(26-18(30)10-22)6-7-17(16)33-3/h4-9,11-12H,10H2,1-3H3,(H,26,30)(H2,25,27,28,29). The number of anilines is 5. The Hall–Kier alpha value is -3.15. The molecule has 0 radical (unpaired) electrons. The SMILES string of the molecule is COc1ccc(NC(=O)CCl)cc1Nc1ncc(Cl)c(Nc2cccnc2S(=O)(=O)C(C)C)n1. The highest BCUT2D eigenvalue weighted by Gasteiger charge is 2.25. The van der Waals surface area contributed by atoms with Crippen molar-refractivity contribution in [2.45, 2.75) is 24.1 Å². The number of sulfone groups is 1. The minimum absolute atomic E-state index is 0.112. The molecule has 0 aliphatic carbocycles. The maximum Gasteiger partial charge on any atom is 0.239 e. The number of methoxy groups -OCH3 is 1. The molecule has 2 heterocycles. The first kappa shape index (κ1) is 25.5. The molecular formula is C21H22Cl2N6O4S. The average molecular weight is 525 g/mol. The molecule has 180 valence electrons. The van der Waals surface area contributed by atoms with E-state index in [1.54, 1.807) is 44.2 Å². The zero-order valence-electron chi connectivity index (χ0n) is 18.5. The van der Waals surface area contributed by atoms with Crippen LogP contribution in [-0.2, 0) is 14.6 Å². The van der Waals surface area contributed by atoms with Crippen molar-refractivity contribution in [2.24, 2.45) is 0 Å². The first-order valence-electron chi connectivity index (χ1n) is 9.95. The highest BCUT2D eigenvalue weighted by molar-refractivity contribution is 7.92. The van der Waals surface area contributed by atoms with Crippen LogP contribution in [0, 0.1) is 0 Å². The summed E-state index contributed by atoms with van der Waals surface area (Å²) in [5, 5.41) is 7.97. The Labute approximate surface area is 207 Å². The Balaban J connectivity index is 1.94. The van der Waals surface area contributed by atoms with E-state index in [0.717, 1.165) is 0 Å². The van der Waals surface area contributed by atoms with E-state index in [9.17, 15) is 13.2 Å². The number of ether oxygens (including phenoxy) is 1. The van der Waals surface area contributed by atoms with Crippen LogP contribution >= 0.6 is 23.2 Å². The summed E-state index contributed by atoms with van der Waals surface area (Å²) >= 11 is 11.8. The maximum absolute atomic E-state index is 12.7. The number of carbonyl (C=O) groups excluding carboxylic acids is 1. The topological polar surface area (TPSA) is 135 Å². The number of halogens is 2. The van der Waals surface area contributed by atoms with Gasteiger partial charge in [0.15, 0.2) is 20.7 Å². The summed E-state index contributed by atoms with van der Waals surface area (Å²) in [4.78, 5) is 24.2. The first-order chi connectivity index (χ1) is 16.1. The van der Waals surface area contributed by atoms with Crippen LogP contribution in [0.1, 0.15) is 13.8 Å². The second-order valence-electron chi connectivity index (χ2n) is 7.19. The van der Waals surface area contributed by atoms with Gasteiger partial charge in [-0.2, -0.15) is 4.98 Å². The predicted molar refractivity (Wildman–Crippen MR) is 133 cm³/mol. The molecule has 0 bridgehead atoms. The lowest BCUT2D eigenvalue weighted by Gasteiger charge is -2.15. The van der Waals surface area contributed by atoms with Crippen molar-refractivity contribution in [1.29, 1.82) is 0 Å². The van der Waals surface area contributed by atoms with E-state index in [1.807, 2.05) is 0 Å². The molecule has 0 unspecified atom stereocenters. The summed E-state index contributed by atoms with van der Waals surface area (Å²) in [6, 6.07) is 8.10. The number of carbonyl (C=O) groups is 1. The summed E-state index contributed by atoms with van der Waals surface area (Å²) in [7, 11) is -2.17. The Morgan fingerprint density at radius 3 is 2.59 bits per heavy atom. The van der Waals surface area contributed by atoms with Gasteiger partial charge < -0.3 is 20.7 Å². The van der Waals surface area contributed by atoms with Crippen LogP contribution in [0.15, 0.2) is 47.8 Å². The average Bonchev–Trinajstić information content (AvgIpc) is 2.81. The second kappa shape index (κ2) is 10.9. The van der Waals surface area contributed by atoms with E-state index in [0.29, 0.717) is 17.1 Å². The molecule has 0 aliphatic rings. The van der Waals surface area contributed by atoms with Gasteiger partial charge in [0.2, 0.25) is 11.9 Å². The van der Waals surface area contributed by atoms with Crippen molar-refractivity contribution in [3.05, 3.63) is 47.7 Å². The number of amides is 1. The number of nitrogens with one attached hydrogen (secondary N) is 3. The Kier molecular flexibility index (Phi) is 8.13. The molecule has 10 nitrogen and oxygen atoms in total. The number of alkyl halides is 1. The van der Waals surface area contributed by atoms with E-state index < -0.39 is 15.1 Å². The van der Waals surface area contributed by atoms with Crippen molar-refractivity contribution in [2.75, 3.05) is 28.9 Å². The minimum Gasteiger partial charge on any atom is -0.495 e. The van der Waals surface area contributed by atoms with E-state index >= 15 is 0 Å². The number of hydrogen-bond acceptors (Lipinski definition) is 9. The van der Waals surface area contributed by atoms with Crippen molar-refractivity contribution in [1.82, 2.24) is 15.0 Å². The summed E-state index contributed by atoms with van der Waals surface area (Å²) in [6.07, 6.45) is 2.76. The largest absolute Gasteiger partial charge is 0.495 e. The minimum atomic E-state index is -3.66. The lowest BCUT2D eigenvalue weighted by molar-refractivity contribution is -0.113. The molecule has 1 aromatic carbocycles. The van der Waals surface area contributed by atoms with Crippen LogP contribution in [0.4, 0.5) is 28.8 Å². The molecular weight excluding hydrogens is 503 g/mol.